The van der Waals surface area contributed by atoms with Gasteiger partial charge in [0.15, 0.2) is 0 Å². The molecule has 0 bridgehead atoms. The van der Waals surface area contributed by atoms with E-state index < -0.39 is 0 Å². The molecule has 1 aliphatic rings. The lowest BCUT2D eigenvalue weighted by atomic mass is 10.1. The van der Waals surface area contributed by atoms with Gasteiger partial charge in [0.05, 0.1) is 0 Å². The van der Waals surface area contributed by atoms with Crippen LogP contribution in [0, 0.1) is 0 Å². The van der Waals surface area contributed by atoms with E-state index >= 15 is 0 Å². The number of benzene rings is 1. The first-order valence-corrected chi connectivity index (χ1v) is 6.91. The van der Waals surface area contributed by atoms with E-state index in [0.29, 0.717) is 6.54 Å². The zero-order chi connectivity index (χ0) is 14.7. The van der Waals surface area contributed by atoms with E-state index in [2.05, 4.69) is 16.7 Å². The number of carbonyl (C=O) groups is 2. The van der Waals surface area contributed by atoms with Gasteiger partial charge in [-0.2, -0.15) is 0 Å². The van der Waals surface area contributed by atoms with E-state index in [-0.39, 0.29) is 18.0 Å². The number of carbonyl (C=O) groups excluding carboxylic acids is 2. The van der Waals surface area contributed by atoms with Crippen molar-refractivity contribution in [2.75, 3.05) is 11.4 Å². The van der Waals surface area contributed by atoms with Crippen LogP contribution in [0.2, 0.25) is 0 Å². The molecule has 1 aromatic rings. The van der Waals surface area contributed by atoms with Crippen LogP contribution < -0.4 is 15.5 Å². The SMILES string of the molecule is CC(=O)N1CCc2cc(CNC(=O)NC(C)C)ccc21. The molecule has 1 aliphatic heterocycles. The van der Waals surface area contributed by atoms with Gasteiger partial charge in [0.25, 0.3) is 0 Å². The van der Waals surface area contributed by atoms with Crippen molar-refractivity contribution in [3.05, 3.63) is 29.3 Å². The van der Waals surface area contributed by atoms with Gasteiger partial charge < -0.3 is 15.5 Å². The van der Waals surface area contributed by atoms with Crippen molar-refractivity contribution >= 4 is 17.6 Å². The summed E-state index contributed by atoms with van der Waals surface area (Å²) >= 11 is 0. The van der Waals surface area contributed by atoms with Crippen molar-refractivity contribution in [3.8, 4) is 0 Å². The maximum atomic E-state index is 11.5. The van der Waals surface area contributed by atoms with Crippen molar-refractivity contribution < 1.29 is 9.59 Å². The smallest absolute Gasteiger partial charge is 0.315 e. The molecule has 3 amide bonds. The number of nitrogens with one attached hydrogen (secondary N) is 2. The Labute approximate surface area is 119 Å². The molecule has 0 spiro atoms. The van der Waals surface area contributed by atoms with Gasteiger partial charge in [-0.1, -0.05) is 12.1 Å². The van der Waals surface area contributed by atoms with Crippen LogP contribution in [0.5, 0.6) is 0 Å². The number of hydrogen-bond donors (Lipinski definition) is 2. The summed E-state index contributed by atoms with van der Waals surface area (Å²) in [6.07, 6.45) is 0.876. The fraction of sp³-hybridized carbons (Fsp3) is 0.467. The molecule has 5 nitrogen and oxygen atoms in total. The average molecular weight is 275 g/mol. The largest absolute Gasteiger partial charge is 0.336 e. The standard InChI is InChI=1S/C15H21N3O2/c1-10(2)17-15(20)16-9-12-4-5-14-13(8-12)6-7-18(14)11(3)19/h4-5,8,10H,6-7,9H2,1-3H3,(H2,16,17,20). The molecule has 2 N–H and O–H groups in total. The first-order valence-electron chi connectivity index (χ1n) is 6.91. The predicted octanol–water partition coefficient (Wildman–Crippen LogP) is 1.80. The molecule has 0 saturated carbocycles. The Morgan fingerprint density at radius 2 is 2.10 bits per heavy atom. The quantitative estimate of drug-likeness (QED) is 0.883. The topological polar surface area (TPSA) is 61.4 Å². The third-order valence-corrected chi connectivity index (χ3v) is 3.29. The van der Waals surface area contributed by atoms with Crippen molar-refractivity contribution in [1.29, 1.82) is 0 Å². The van der Waals surface area contributed by atoms with Gasteiger partial charge in [-0.3, -0.25) is 4.79 Å². The minimum Gasteiger partial charge on any atom is -0.336 e. The Bertz CT molecular complexity index is 526. The molecule has 1 aromatic carbocycles. The van der Waals surface area contributed by atoms with E-state index in [1.807, 2.05) is 26.0 Å². The van der Waals surface area contributed by atoms with Gasteiger partial charge in [-0.25, -0.2) is 4.79 Å². The number of rotatable bonds is 3. The fourth-order valence-electron chi connectivity index (χ4n) is 2.39. The molecule has 2 rings (SSSR count). The van der Waals surface area contributed by atoms with Crippen LogP contribution in [0.3, 0.4) is 0 Å². The molecule has 5 heteroatoms. The fourth-order valence-corrected chi connectivity index (χ4v) is 2.39. The molecule has 1 heterocycles. The predicted molar refractivity (Wildman–Crippen MR) is 78.7 cm³/mol. The summed E-state index contributed by atoms with van der Waals surface area (Å²) in [6.45, 7) is 6.67. The molecule has 108 valence electrons. The molecular weight excluding hydrogens is 254 g/mol. The summed E-state index contributed by atoms with van der Waals surface area (Å²) in [5.41, 5.74) is 3.21. The maximum Gasteiger partial charge on any atom is 0.315 e. The highest BCUT2D eigenvalue weighted by Crippen LogP contribution is 2.28. The monoisotopic (exact) mass is 275 g/mol. The Hall–Kier alpha value is -2.04. The molecule has 0 fully saturated rings. The van der Waals surface area contributed by atoms with E-state index in [1.165, 1.54) is 5.56 Å². The lowest BCUT2D eigenvalue weighted by Gasteiger charge is -2.15. The normalized spacial score (nSPS) is 13.3. The summed E-state index contributed by atoms with van der Waals surface area (Å²) in [7, 11) is 0. The summed E-state index contributed by atoms with van der Waals surface area (Å²) in [5, 5.41) is 5.61. The third-order valence-electron chi connectivity index (χ3n) is 3.29. The van der Waals surface area contributed by atoms with E-state index in [0.717, 1.165) is 24.2 Å². The second kappa shape index (κ2) is 5.94. The Balaban J connectivity index is 1.99. The average Bonchev–Trinajstić information content (AvgIpc) is 2.78. The molecular formula is C15H21N3O2. The highest BCUT2D eigenvalue weighted by molar-refractivity contribution is 5.93. The van der Waals surface area contributed by atoms with Gasteiger partial charge in [-0.15, -0.1) is 0 Å². The molecule has 0 atom stereocenters. The van der Waals surface area contributed by atoms with Crippen molar-refractivity contribution in [2.45, 2.75) is 39.8 Å². The van der Waals surface area contributed by atoms with Crippen LogP contribution in [-0.2, 0) is 17.8 Å². The number of nitrogens with zero attached hydrogens (tertiary/aromatic N) is 1. The van der Waals surface area contributed by atoms with Crippen LogP contribution in [-0.4, -0.2) is 24.5 Å². The van der Waals surface area contributed by atoms with Gasteiger partial charge in [0.1, 0.15) is 0 Å². The Morgan fingerprint density at radius 3 is 2.75 bits per heavy atom. The summed E-state index contributed by atoms with van der Waals surface area (Å²) in [6, 6.07) is 5.94. The maximum absolute atomic E-state index is 11.5. The van der Waals surface area contributed by atoms with Crippen LogP contribution in [0.1, 0.15) is 31.9 Å². The van der Waals surface area contributed by atoms with Crippen LogP contribution in [0.15, 0.2) is 18.2 Å². The highest BCUT2D eigenvalue weighted by Gasteiger charge is 2.21. The molecule has 0 aromatic heterocycles. The lowest BCUT2D eigenvalue weighted by Crippen LogP contribution is -2.39. The molecule has 0 radical (unpaired) electrons. The number of fused-ring (bicyclic) bond motifs is 1. The van der Waals surface area contributed by atoms with E-state index in [1.54, 1.807) is 11.8 Å². The number of anilines is 1. The van der Waals surface area contributed by atoms with Crippen molar-refractivity contribution in [2.24, 2.45) is 0 Å². The molecule has 20 heavy (non-hydrogen) atoms. The van der Waals surface area contributed by atoms with Gasteiger partial charge >= 0.3 is 6.03 Å². The van der Waals surface area contributed by atoms with Crippen molar-refractivity contribution in [1.82, 2.24) is 10.6 Å². The summed E-state index contributed by atoms with van der Waals surface area (Å²) < 4.78 is 0. The Morgan fingerprint density at radius 1 is 1.35 bits per heavy atom. The second-order valence-corrected chi connectivity index (χ2v) is 5.37. The van der Waals surface area contributed by atoms with Crippen molar-refractivity contribution in [3.63, 3.8) is 0 Å². The van der Waals surface area contributed by atoms with Crippen LogP contribution >= 0.6 is 0 Å². The first kappa shape index (κ1) is 14.4. The third kappa shape index (κ3) is 3.29. The summed E-state index contributed by atoms with van der Waals surface area (Å²) in [5.74, 6) is 0.0749. The first-order chi connectivity index (χ1) is 9.47. The van der Waals surface area contributed by atoms with Crippen LogP contribution in [0.4, 0.5) is 10.5 Å². The number of urea groups is 1. The molecule has 0 unspecified atom stereocenters. The van der Waals surface area contributed by atoms with Gasteiger partial charge in [-0.05, 0) is 37.5 Å². The Kier molecular flexibility index (Phi) is 4.27. The van der Waals surface area contributed by atoms with E-state index in [4.69, 9.17) is 0 Å². The highest BCUT2D eigenvalue weighted by atomic mass is 16.2. The minimum atomic E-state index is -0.161. The lowest BCUT2D eigenvalue weighted by molar-refractivity contribution is -0.116. The molecule has 0 saturated heterocycles. The van der Waals surface area contributed by atoms with Gasteiger partial charge in [0.2, 0.25) is 5.91 Å². The van der Waals surface area contributed by atoms with Gasteiger partial charge in [0, 0.05) is 31.7 Å². The zero-order valence-corrected chi connectivity index (χ0v) is 12.2. The number of hydrogen-bond acceptors (Lipinski definition) is 2. The number of amides is 3. The van der Waals surface area contributed by atoms with Crippen LogP contribution in [0.25, 0.3) is 0 Å². The second-order valence-electron chi connectivity index (χ2n) is 5.37. The molecule has 0 aliphatic carbocycles. The zero-order valence-electron chi connectivity index (χ0n) is 12.2. The summed E-state index contributed by atoms with van der Waals surface area (Å²) in [4.78, 5) is 24.8. The van der Waals surface area contributed by atoms with E-state index in [9.17, 15) is 9.59 Å². The minimum absolute atomic E-state index is 0.0749.